The van der Waals surface area contributed by atoms with Crippen molar-refractivity contribution in [3.8, 4) is 17.3 Å². The third-order valence-corrected chi connectivity index (χ3v) is 5.49. The van der Waals surface area contributed by atoms with E-state index in [1.165, 1.54) is 12.1 Å². The monoisotopic (exact) mass is 418 g/mol. The summed E-state index contributed by atoms with van der Waals surface area (Å²) in [4.78, 5) is 17.7. The van der Waals surface area contributed by atoms with Gasteiger partial charge in [-0.2, -0.15) is 5.26 Å². The van der Waals surface area contributed by atoms with Crippen molar-refractivity contribution < 1.29 is 9.31 Å². The Morgan fingerprint density at radius 1 is 1.35 bits per heavy atom. The second kappa shape index (κ2) is 7.38. The molecule has 1 aromatic heterocycles. The third-order valence-electron chi connectivity index (χ3n) is 4.52. The van der Waals surface area contributed by atoms with Crippen LogP contribution in [0.25, 0.3) is 11.3 Å². The van der Waals surface area contributed by atoms with Crippen LogP contribution in [0.5, 0.6) is 0 Å². The van der Waals surface area contributed by atoms with Gasteiger partial charge < -0.3 is 4.90 Å². The molecule has 3 rings (SSSR count). The van der Waals surface area contributed by atoms with Crippen molar-refractivity contribution in [1.82, 2.24) is 4.98 Å². The van der Waals surface area contributed by atoms with Gasteiger partial charge in [0.05, 0.1) is 20.7 Å². The smallest absolute Gasteiger partial charge is 0.315 e. The van der Waals surface area contributed by atoms with Crippen molar-refractivity contribution in [2.75, 3.05) is 18.0 Å². The van der Waals surface area contributed by atoms with Crippen molar-refractivity contribution in [2.24, 2.45) is 0 Å². The average Bonchev–Trinajstić information content (AvgIpc) is 2.64. The van der Waals surface area contributed by atoms with Crippen LogP contribution < -0.4 is 4.90 Å². The van der Waals surface area contributed by atoms with Gasteiger partial charge in [-0.05, 0) is 54.2 Å². The number of anilines is 1. The molecule has 1 aliphatic heterocycles. The molecule has 0 spiro atoms. The van der Waals surface area contributed by atoms with Crippen LogP contribution in [0, 0.1) is 34.2 Å². The van der Waals surface area contributed by atoms with E-state index in [1.54, 1.807) is 19.1 Å². The maximum atomic E-state index is 14.0. The molecule has 0 N–H and O–H groups in total. The lowest BCUT2D eigenvalue weighted by Gasteiger charge is -2.28. The molecule has 0 amide bonds. The van der Waals surface area contributed by atoms with E-state index < -0.39 is 10.7 Å². The first kappa shape index (κ1) is 18.3. The number of benzene rings is 1. The van der Waals surface area contributed by atoms with E-state index in [0.29, 0.717) is 40.2 Å². The Balaban J connectivity index is 2.20. The molecule has 6 nitrogen and oxygen atoms in total. The maximum Gasteiger partial charge on any atom is 0.315 e. The highest BCUT2D eigenvalue weighted by Gasteiger charge is 2.29. The molecule has 0 unspecified atom stereocenters. The summed E-state index contributed by atoms with van der Waals surface area (Å²) in [5.41, 5.74) is 1.25. The molecule has 1 saturated heterocycles. The van der Waals surface area contributed by atoms with Crippen LogP contribution in [-0.2, 0) is 0 Å². The number of nitriles is 1. The van der Waals surface area contributed by atoms with E-state index in [4.69, 9.17) is 5.26 Å². The zero-order valence-electron chi connectivity index (χ0n) is 14.1. The lowest BCUT2D eigenvalue weighted by molar-refractivity contribution is -0.385. The van der Waals surface area contributed by atoms with Crippen molar-refractivity contribution in [1.29, 1.82) is 5.26 Å². The number of halogens is 2. The Morgan fingerprint density at radius 2 is 2.04 bits per heavy atom. The predicted octanol–water partition coefficient (Wildman–Crippen LogP) is 4.73. The maximum absolute atomic E-state index is 14.0. The first-order valence-corrected chi connectivity index (χ1v) is 9.02. The number of piperidine rings is 1. The van der Waals surface area contributed by atoms with E-state index in [9.17, 15) is 14.5 Å². The Bertz CT molecular complexity index is 920. The molecule has 0 radical (unpaired) electrons. The summed E-state index contributed by atoms with van der Waals surface area (Å²) in [6.45, 7) is 3.06. The molecule has 1 aliphatic rings. The van der Waals surface area contributed by atoms with Gasteiger partial charge in [-0.15, -0.1) is 0 Å². The Kier molecular flexibility index (Phi) is 5.18. The fraction of sp³-hybridized carbons (Fsp3) is 0.333. The van der Waals surface area contributed by atoms with Crippen LogP contribution >= 0.6 is 15.9 Å². The van der Waals surface area contributed by atoms with Crippen molar-refractivity contribution >= 4 is 27.4 Å². The van der Waals surface area contributed by atoms with E-state index in [-0.39, 0.29) is 11.3 Å². The van der Waals surface area contributed by atoms with Crippen molar-refractivity contribution in [2.45, 2.75) is 26.2 Å². The van der Waals surface area contributed by atoms with Gasteiger partial charge in [0.2, 0.25) is 5.82 Å². The highest BCUT2D eigenvalue weighted by molar-refractivity contribution is 9.10. The van der Waals surface area contributed by atoms with Crippen LogP contribution in [0.1, 0.15) is 30.4 Å². The molecule has 1 aromatic carbocycles. The molecule has 8 heteroatoms. The van der Waals surface area contributed by atoms with Crippen LogP contribution in [0.15, 0.2) is 22.7 Å². The number of nitrogens with zero attached hydrogens (tertiary/aromatic N) is 4. The highest BCUT2D eigenvalue weighted by atomic mass is 79.9. The van der Waals surface area contributed by atoms with Crippen molar-refractivity contribution in [3.63, 3.8) is 0 Å². The summed E-state index contributed by atoms with van der Waals surface area (Å²) in [6, 6.07) is 6.00. The number of rotatable bonds is 3. The Labute approximate surface area is 158 Å². The fourth-order valence-corrected chi connectivity index (χ4v) is 3.65. The zero-order valence-corrected chi connectivity index (χ0v) is 15.7. The zero-order chi connectivity index (χ0) is 18.8. The number of hydrogen-bond acceptors (Lipinski definition) is 5. The minimum absolute atomic E-state index is 0.0309. The van der Waals surface area contributed by atoms with Crippen LogP contribution in [-0.4, -0.2) is 23.0 Å². The normalized spacial score (nSPS) is 14.2. The van der Waals surface area contributed by atoms with Gasteiger partial charge >= 0.3 is 5.69 Å². The van der Waals surface area contributed by atoms with Gasteiger partial charge in [0, 0.05) is 24.2 Å². The molecule has 2 aromatic rings. The molecule has 2 heterocycles. The van der Waals surface area contributed by atoms with Gasteiger partial charge in [0.1, 0.15) is 11.9 Å². The minimum atomic E-state index is -0.644. The SMILES string of the molecule is Cc1c(Br)c(-c2ccc(C#N)c(F)c2)nc(N2CCCCC2)c1[N+](=O)[O-]. The van der Waals surface area contributed by atoms with E-state index >= 15 is 0 Å². The summed E-state index contributed by atoms with van der Waals surface area (Å²) in [6.07, 6.45) is 3.00. The molecule has 1 fully saturated rings. The summed E-state index contributed by atoms with van der Waals surface area (Å²) >= 11 is 3.38. The molecule has 0 saturated carbocycles. The lowest BCUT2D eigenvalue weighted by atomic mass is 10.0. The van der Waals surface area contributed by atoms with Gasteiger partial charge in [-0.25, -0.2) is 9.37 Å². The second-order valence-electron chi connectivity index (χ2n) is 6.18. The quantitative estimate of drug-likeness (QED) is 0.531. The minimum Gasteiger partial charge on any atom is -0.351 e. The van der Waals surface area contributed by atoms with Gasteiger partial charge in [0.25, 0.3) is 0 Å². The second-order valence-corrected chi connectivity index (χ2v) is 6.98. The molecule has 0 bridgehead atoms. The standard InChI is InChI=1S/C18H16BrFN4O2/c1-11-15(19)16(12-5-6-13(10-21)14(20)9-12)22-18(17(11)24(25)26)23-7-3-2-4-8-23/h5-6,9H,2-4,7-8H2,1H3. The average molecular weight is 419 g/mol. The Morgan fingerprint density at radius 3 is 2.62 bits per heavy atom. The van der Waals surface area contributed by atoms with Gasteiger partial charge in [-0.1, -0.05) is 6.07 Å². The summed E-state index contributed by atoms with van der Waals surface area (Å²) in [5, 5.41) is 20.5. The lowest BCUT2D eigenvalue weighted by Crippen LogP contribution is -2.31. The van der Waals surface area contributed by atoms with Gasteiger partial charge in [0.15, 0.2) is 0 Å². The summed E-state index contributed by atoms with van der Waals surface area (Å²) in [7, 11) is 0. The summed E-state index contributed by atoms with van der Waals surface area (Å²) in [5.74, 6) is -0.329. The Hall–Kier alpha value is -2.53. The predicted molar refractivity (Wildman–Crippen MR) is 99.5 cm³/mol. The molecular weight excluding hydrogens is 403 g/mol. The largest absolute Gasteiger partial charge is 0.351 e. The molecular formula is C18H16BrFN4O2. The number of aromatic nitrogens is 1. The van der Waals surface area contributed by atoms with E-state index in [1.807, 2.05) is 4.90 Å². The molecule has 0 atom stereocenters. The van der Waals surface area contributed by atoms with Crippen LogP contribution in [0.2, 0.25) is 0 Å². The number of pyridine rings is 1. The molecule has 0 aliphatic carbocycles. The number of nitro groups is 1. The first-order valence-electron chi connectivity index (χ1n) is 8.23. The van der Waals surface area contributed by atoms with Crippen molar-refractivity contribution in [3.05, 3.63) is 49.7 Å². The van der Waals surface area contributed by atoms with E-state index in [2.05, 4.69) is 20.9 Å². The third kappa shape index (κ3) is 3.27. The molecule has 26 heavy (non-hydrogen) atoms. The first-order chi connectivity index (χ1) is 12.4. The van der Waals surface area contributed by atoms with E-state index in [0.717, 1.165) is 19.3 Å². The molecule has 134 valence electrons. The highest BCUT2D eigenvalue weighted by Crippen LogP contribution is 2.40. The number of hydrogen-bond donors (Lipinski definition) is 0. The van der Waals surface area contributed by atoms with Crippen LogP contribution in [0.4, 0.5) is 15.9 Å². The summed E-state index contributed by atoms with van der Waals surface area (Å²) < 4.78 is 14.5. The van der Waals surface area contributed by atoms with Gasteiger partial charge in [-0.3, -0.25) is 10.1 Å². The fourth-order valence-electron chi connectivity index (χ4n) is 3.15. The van der Waals surface area contributed by atoms with Crippen LogP contribution in [0.3, 0.4) is 0 Å². The topological polar surface area (TPSA) is 83.1 Å².